The maximum Gasteiger partial charge on any atom is 0.338 e. The Bertz CT molecular complexity index is 510. The largest absolute Gasteiger partial charge is 0.492 e. The van der Waals surface area contributed by atoms with Crippen molar-refractivity contribution >= 4 is 17.6 Å². The van der Waals surface area contributed by atoms with Crippen LogP contribution in [0.1, 0.15) is 31.1 Å². The number of hydrogen-bond acceptors (Lipinski definition) is 5. The van der Waals surface area contributed by atoms with Crippen LogP contribution in [0.25, 0.3) is 0 Å². The molecule has 0 amide bonds. The van der Waals surface area contributed by atoms with Crippen molar-refractivity contribution in [2.75, 3.05) is 18.9 Å². The highest BCUT2D eigenvalue weighted by Gasteiger charge is 2.29. The number of rotatable bonds is 6. The molecule has 6 nitrogen and oxygen atoms in total. The standard InChI is InChI=1S/C14H19NO5/c1-4-19-11-6-5-9(7-10(11)15)12(16)20-8-14(2,3)13(17)18/h5-7H,4,8,15H2,1-3H3,(H,17,18). The molecule has 0 spiro atoms. The van der Waals surface area contributed by atoms with Crippen molar-refractivity contribution < 1.29 is 24.2 Å². The summed E-state index contributed by atoms with van der Waals surface area (Å²) in [4.78, 5) is 22.7. The normalized spacial score (nSPS) is 10.9. The number of carboxylic acids is 1. The highest BCUT2D eigenvalue weighted by atomic mass is 16.5. The summed E-state index contributed by atoms with van der Waals surface area (Å²) >= 11 is 0. The average molecular weight is 281 g/mol. The van der Waals surface area contributed by atoms with Crippen molar-refractivity contribution in [1.29, 1.82) is 0 Å². The molecular formula is C14H19NO5. The molecule has 0 saturated carbocycles. The molecule has 3 N–H and O–H groups in total. The van der Waals surface area contributed by atoms with E-state index in [1.54, 1.807) is 6.07 Å². The van der Waals surface area contributed by atoms with Crippen molar-refractivity contribution in [2.45, 2.75) is 20.8 Å². The van der Waals surface area contributed by atoms with Crippen LogP contribution in [0.15, 0.2) is 18.2 Å². The van der Waals surface area contributed by atoms with Crippen molar-refractivity contribution in [3.05, 3.63) is 23.8 Å². The molecule has 0 aliphatic rings. The topological polar surface area (TPSA) is 98.8 Å². The molecule has 0 bridgehead atoms. The van der Waals surface area contributed by atoms with Gasteiger partial charge >= 0.3 is 11.9 Å². The first-order valence-electron chi connectivity index (χ1n) is 6.20. The van der Waals surface area contributed by atoms with Gasteiger partial charge in [-0.15, -0.1) is 0 Å². The predicted molar refractivity (Wildman–Crippen MR) is 73.7 cm³/mol. The van der Waals surface area contributed by atoms with Crippen LogP contribution in [-0.4, -0.2) is 30.3 Å². The fourth-order valence-corrected chi connectivity index (χ4v) is 1.35. The van der Waals surface area contributed by atoms with E-state index in [0.29, 0.717) is 18.0 Å². The summed E-state index contributed by atoms with van der Waals surface area (Å²) < 4.78 is 10.3. The van der Waals surface area contributed by atoms with E-state index in [1.165, 1.54) is 26.0 Å². The Balaban J connectivity index is 2.74. The molecule has 0 radical (unpaired) electrons. The molecule has 0 aliphatic carbocycles. The Morgan fingerprint density at radius 1 is 1.35 bits per heavy atom. The van der Waals surface area contributed by atoms with Crippen LogP contribution in [0, 0.1) is 5.41 Å². The number of anilines is 1. The van der Waals surface area contributed by atoms with Crippen molar-refractivity contribution in [2.24, 2.45) is 5.41 Å². The van der Waals surface area contributed by atoms with E-state index in [-0.39, 0.29) is 12.2 Å². The van der Waals surface area contributed by atoms with Gasteiger partial charge in [-0.25, -0.2) is 4.79 Å². The van der Waals surface area contributed by atoms with Crippen molar-refractivity contribution in [3.8, 4) is 5.75 Å². The van der Waals surface area contributed by atoms with Gasteiger partial charge in [0.25, 0.3) is 0 Å². The van der Waals surface area contributed by atoms with Crippen molar-refractivity contribution in [3.63, 3.8) is 0 Å². The van der Waals surface area contributed by atoms with Crippen LogP contribution in [0.4, 0.5) is 5.69 Å². The summed E-state index contributed by atoms with van der Waals surface area (Å²) in [6.45, 7) is 5.05. The lowest BCUT2D eigenvalue weighted by molar-refractivity contribution is -0.149. The summed E-state index contributed by atoms with van der Waals surface area (Å²) in [5, 5.41) is 8.94. The Labute approximate surface area is 117 Å². The Kier molecular flexibility index (Phi) is 4.96. The number of nitrogens with two attached hydrogens (primary N) is 1. The summed E-state index contributed by atoms with van der Waals surface area (Å²) in [6.07, 6.45) is 0. The smallest absolute Gasteiger partial charge is 0.338 e. The van der Waals surface area contributed by atoms with Crippen LogP contribution < -0.4 is 10.5 Å². The molecular weight excluding hydrogens is 262 g/mol. The lowest BCUT2D eigenvalue weighted by Gasteiger charge is -2.18. The fourth-order valence-electron chi connectivity index (χ4n) is 1.35. The van der Waals surface area contributed by atoms with Gasteiger partial charge in [0, 0.05) is 0 Å². The summed E-state index contributed by atoms with van der Waals surface area (Å²) in [6, 6.07) is 4.55. The predicted octanol–water partition coefficient (Wildman–Crippen LogP) is 1.94. The number of aliphatic carboxylic acids is 1. The molecule has 6 heteroatoms. The van der Waals surface area contributed by atoms with Crippen LogP contribution >= 0.6 is 0 Å². The zero-order valence-electron chi connectivity index (χ0n) is 11.8. The second-order valence-electron chi connectivity index (χ2n) is 4.95. The van der Waals surface area contributed by atoms with E-state index in [4.69, 9.17) is 20.3 Å². The number of carboxylic acid groups (broad SMARTS) is 1. The SMILES string of the molecule is CCOc1ccc(C(=O)OCC(C)(C)C(=O)O)cc1N. The highest BCUT2D eigenvalue weighted by molar-refractivity contribution is 5.91. The third-order valence-corrected chi connectivity index (χ3v) is 2.69. The van der Waals surface area contributed by atoms with Gasteiger partial charge in [-0.05, 0) is 39.0 Å². The molecule has 0 aromatic heterocycles. The van der Waals surface area contributed by atoms with E-state index in [2.05, 4.69) is 0 Å². The maximum absolute atomic E-state index is 11.8. The molecule has 0 atom stereocenters. The van der Waals surface area contributed by atoms with Gasteiger partial charge < -0.3 is 20.3 Å². The average Bonchev–Trinajstić information content (AvgIpc) is 2.38. The summed E-state index contributed by atoms with van der Waals surface area (Å²) in [5.74, 6) is -1.15. The van der Waals surface area contributed by atoms with Gasteiger partial charge in [0.1, 0.15) is 12.4 Å². The number of benzene rings is 1. The van der Waals surface area contributed by atoms with Gasteiger partial charge in [-0.2, -0.15) is 0 Å². The summed E-state index contributed by atoms with van der Waals surface area (Å²) in [7, 11) is 0. The lowest BCUT2D eigenvalue weighted by atomic mass is 9.95. The number of hydrogen-bond donors (Lipinski definition) is 2. The molecule has 1 rings (SSSR count). The number of ether oxygens (including phenoxy) is 2. The van der Waals surface area contributed by atoms with E-state index in [1.807, 2.05) is 6.92 Å². The monoisotopic (exact) mass is 281 g/mol. The van der Waals surface area contributed by atoms with Crippen LogP contribution in [0.2, 0.25) is 0 Å². The molecule has 20 heavy (non-hydrogen) atoms. The van der Waals surface area contributed by atoms with E-state index in [9.17, 15) is 9.59 Å². The second kappa shape index (κ2) is 6.27. The molecule has 1 aromatic rings. The zero-order valence-corrected chi connectivity index (χ0v) is 11.8. The second-order valence-corrected chi connectivity index (χ2v) is 4.95. The number of carbonyl (C=O) groups excluding carboxylic acids is 1. The minimum atomic E-state index is -1.13. The third-order valence-electron chi connectivity index (χ3n) is 2.69. The fraction of sp³-hybridized carbons (Fsp3) is 0.429. The van der Waals surface area contributed by atoms with Gasteiger partial charge in [-0.1, -0.05) is 0 Å². The Morgan fingerprint density at radius 2 is 2.00 bits per heavy atom. The highest BCUT2D eigenvalue weighted by Crippen LogP contribution is 2.23. The molecule has 0 unspecified atom stereocenters. The molecule has 0 saturated heterocycles. The lowest BCUT2D eigenvalue weighted by Crippen LogP contribution is -2.30. The molecule has 110 valence electrons. The first-order chi connectivity index (χ1) is 9.27. The first-order valence-corrected chi connectivity index (χ1v) is 6.20. The number of esters is 1. The summed E-state index contributed by atoms with van der Waals surface area (Å²) in [5.41, 5.74) is 5.20. The molecule has 0 heterocycles. The quantitative estimate of drug-likeness (QED) is 0.610. The van der Waals surface area contributed by atoms with Crippen LogP contribution in [0.5, 0.6) is 5.75 Å². The Hall–Kier alpha value is -2.24. The number of carbonyl (C=O) groups is 2. The molecule has 0 aliphatic heterocycles. The van der Waals surface area contributed by atoms with Gasteiger partial charge in [0.05, 0.1) is 23.3 Å². The van der Waals surface area contributed by atoms with Gasteiger partial charge in [-0.3, -0.25) is 4.79 Å². The first kappa shape index (κ1) is 15.8. The minimum absolute atomic E-state index is 0.214. The maximum atomic E-state index is 11.8. The van der Waals surface area contributed by atoms with Crippen molar-refractivity contribution in [1.82, 2.24) is 0 Å². The van der Waals surface area contributed by atoms with Gasteiger partial charge in [0.2, 0.25) is 0 Å². The van der Waals surface area contributed by atoms with Crippen LogP contribution in [0.3, 0.4) is 0 Å². The zero-order chi connectivity index (χ0) is 15.3. The number of nitrogen functional groups attached to an aromatic ring is 1. The molecule has 1 aromatic carbocycles. The van der Waals surface area contributed by atoms with Gasteiger partial charge in [0.15, 0.2) is 0 Å². The third kappa shape index (κ3) is 3.88. The van der Waals surface area contributed by atoms with Crippen LogP contribution in [-0.2, 0) is 9.53 Å². The van der Waals surface area contributed by atoms with E-state index >= 15 is 0 Å². The van der Waals surface area contributed by atoms with E-state index < -0.39 is 17.4 Å². The van der Waals surface area contributed by atoms with E-state index in [0.717, 1.165) is 0 Å². The minimum Gasteiger partial charge on any atom is -0.492 e. The Morgan fingerprint density at radius 3 is 2.50 bits per heavy atom. The molecule has 0 fully saturated rings.